The van der Waals surface area contributed by atoms with Crippen molar-refractivity contribution in [3.63, 3.8) is 0 Å². The number of nitrogens with one attached hydrogen (secondary N) is 1. The quantitative estimate of drug-likeness (QED) is 0.493. The number of nitriles is 1. The van der Waals surface area contributed by atoms with E-state index in [0.29, 0.717) is 11.6 Å². The van der Waals surface area contributed by atoms with Gasteiger partial charge in [-0.2, -0.15) is 15.0 Å². The highest BCUT2D eigenvalue weighted by atomic mass is 16.5. The van der Waals surface area contributed by atoms with Crippen molar-refractivity contribution in [3.05, 3.63) is 65.2 Å². The minimum absolute atomic E-state index is 0.152. The summed E-state index contributed by atoms with van der Waals surface area (Å²) in [7, 11) is 0. The molecule has 0 bridgehead atoms. The number of carbonyl (C=O) groups is 1. The van der Waals surface area contributed by atoms with Gasteiger partial charge in [-0.15, -0.1) is 0 Å². The molecule has 9 heteroatoms. The first-order valence-corrected chi connectivity index (χ1v) is 9.63. The van der Waals surface area contributed by atoms with Crippen LogP contribution in [-0.4, -0.2) is 37.3 Å². The van der Waals surface area contributed by atoms with Crippen LogP contribution in [0.4, 0.5) is 11.6 Å². The molecule has 154 valence electrons. The summed E-state index contributed by atoms with van der Waals surface area (Å²) in [6.07, 6.45) is 4.11. The molecule has 0 radical (unpaired) electrons. The highest BCUT2D eigenvalue weighted by molar-refractivity contribution is 5.95. The zero-order valence-electron chi connectivity index (χ0n) is 17.2. The lowest BCUT2D eigenvalue weighted by Crippen LogP contribution is -2.12. The molecule has 0 aliphatic carbocycles. The molecule has 3 aromatic heterocycles. The van der Waals surface area contributed by atoms with E-state index in [4.69, 9.17) is 9.72 Å². The van der Waals surface area contributed by atoms with Crippen LogP contribution in [0.25, 0.3) is 16.7 Å². The number of aryl methyl sites for hydroxylation is 2. The molecule has 0 amide bonds. The van der Waals surface area contributed by atoms with E-state index in [0.717, 1.165) is 22.0 Å². The van der Waals surface area contributed by atoms with E-state index < -0.39 is 5.97 Å². The van der Waals surface area contributed by atoms with Gasteiger partial charge in [-0.3, -0.25) is 0 Å². The van der Waals surface area contributed by atoms with Crippen LogP contribution >= 0.6 is 0 Å². The summed E-state index contributed by atoms with van der Waals surface area (Å²) in [6.45, 7) is 5.92. The first kappa shape index (κ1) is 20.0. The number of para-hydroxylation sites is 1. The average Bonchev–Trinajstić information content (AvgIpc) is 3.17. The van der Waals surface area contributed by atoms with Crippen LogP contribution in [0, 0.1) is 25.2 Å². The van der Waals surface area contributed by atoms with E-state index in [9.17, 15) is 10.1 Å². The van der Waals surface area contributed by atoms with E-state index in [1.165, 1.54) is 23.4 Å². The highest BCUT2D eigenvalue weighted by Gasteiger charge is 2.20. The fourth-order valence-corrected chi connectivity index (χ4v) is 3.28. The molecule has 0 atom stereocenters. The van der Waals surface area contributed by atoms with Gasteiger partial charge in [-0.25, -0.2) is 19.7 Å². The zero-order valence-corrected chi connectivity index (χ0v) is 17.2. The van der Waals surface area contributed by atoms with Crippen molar-refractivity contribution < 1.29 is 9.53 Å². The summed E-state index contributed by atoms with van der Waals surface area (Å²) in [5, 5.41) is 18.0. The molecule has 0 saturated carbocycles. The van der Waals surface area contributed by atoms with Crippen LogP contribution in [0.5, 0.6) is 0 Å². The van der Waals surface area contributed by atoms with Gasteiger partial charge in [0.15, 0.2) is 11.6 Å². The number of carbonyl (C=O) groups excluding carboxylic acids is 1. The molecule has 0 aliphatic rings. The first-order valence-electron chi connectivity index (χ1n) is 9.63. The molecule has 0 spiro atoms. The largest absolute Gasteiger partial charge is 0.462 e. The topological polar surface area (TPSA) is 119 Å². The van der Waals surface area contributed by atoms with Gasteiger partial charge in [0.1, 0.15) is 29.3 Å². The predicted molar refractivity (Wildman–Crippen MR) is 114 cm³/mol. The lowest BCUT2D eigenvalue weighted by Gasteiger charge is -2.13. The number of fused-ring (bicyclic) bond motifs is 1. The monoisotopic (exact) mass is 413 g/mol. The molecule has 0 fully saturated rings. The van der Waals surface area contributed by atoms with Crippen molar-refractivity contribution in [1.82, 2.24) is 24.7 Å². The number of pyridine rings is 1. The fraction of sp³-hybridized carbons (Fsp3) is 0.182. The SMILES string of the molecule is CCOC(=O)c1cncnc1Nc1c(C#N)cnn1-c1cc(C)c2cccc(C)c2n1. The molecular formula is C22H19N7O2. The van der Waals surface area contributed by atoms with Crippen LogP contribution < -0.4 is 5.32 Å². The number of rotatable bonds is 5. The van der Waals surface area contributed by atoms with Gasteiger partial charge in [0, 0.05) is 11.6 Å². The minimum atomic E-state index is -0.564. The molecule has 31 heavy (non-hydrogen) atoms. The van der Waals surface area contributed by atoms with Gasteiger partial charge in [0.25, 0.3) is 0 Å². The zero-order chi connectivity index (χ0) is 22.0. The lowest BCUT2D eigenvalue weighted by molar-refractivity contribution is 0.0526. The van der Waals surface area contributed by atoms with Crippen LogP contribution in [-0.2, 0) is 4.74 Å². The summed E-state index contributed by atoms with van der Waals surface area (Å²) in [4.78, 5) is 25.1. The number of hydrogen-bond donors (Lipinski definition) is 1. The van der Waals surface area contributed by atoms with E-state index in [2.05, 4.69) is 26.5 Å². The maximum atomic E-state index is 12.3. The summed E-state index contributed by atoms with van der Waals surface area (Å²) in [5.74, 6) is 0.521. The Balaban J connectivity index is 1.84. The van der Waals surface area contributed by atoms with Gasteiger partial charge in [-0.1, -0.05) is 18.2 Å². The van der Waals surface area contributed by atoms with Crippen molar-refractivity contribution >= 4 is 28.5 Å². The molecule has 1 N–H and O–H groups in total. The van der Waals surface area contributed by atoms with Gasteiger partial charge in [0.2, 0.25) is 0 Å². The summed E-state index contributed by atoms with van der Waals surface area (Å²) in [6, 6.07) is 10.0. The van der Waals surface area contributed by atoms with E-state index in [1.54, 1.807) is 6.92 Å². The number of ether oxygens (including phenoxy) is 1. The molecule has 0 aliphatic heterocycles. The third-order valence-electron chi connectivity index (χ3n) is 4.79. The van der Waals surface area contributed by atoms with E-state index in [1.807, 2.05) is 38.1 Å². The number of nitrogens with zero attached hydrogens (tertiary/aromatic N) is 6. The minimum Gasteiger partial charge on any atom is -0.462 e. The first-order chi connectivity index (χ1) is 15.0. The molecule has 1 aromatic carbocycles. The number of aromatic nitrogens is 5. The Labute approximate surface area is 178 Å². The van der Waals surface area contributed by atoms with Crippen LogP contribution in [0.1, 0.15) is 34.0 Å². The maximum absolute atomic E-state index is 12.3. The molecule has 0 saturated heterocycles. The van der Waals surface area contributed by atoms with Gasteiger partial charge in [-0.05, 0) is 38.0 Å². The third kappa shape index (κ3) is 3.67. The number of anilines is 2. The Morgan fingerprint density at radius 1 is 1.26 bits per heavy atom. The number of benzene rings is 1. The second-order valence-corrected chi connectivity index (χ2v) is 6.83. The fourth-order valence-electron chi connectivity index (χ4n) is 3.28. The van der Waals surface area contributed by atoms with Gasteiger partial charge < -0.3 is 10.1 Å². The normalized spacial score (nSPS) is 10.6. The predicted octanol–water partition coefficient (Wildman–Crippen LogP) is 3.62. The molecule has 4 rings (SSSR count). The molecule has 0 unspecified atom stereocenters. The number of esters is 1. The van der Waals surface area contributed by atoms with E-state index >= 15 is 0 Å². The van der Waals surface area contributed by atoms with Crippen molar-refractivity contribution in [3.8, 4) is 11.9 Å². The molecular weight excluding hydrogens is 394 g/mol. The Morgan fingerprint density at radius 3 is 2.87 bits per heavy atom. The Morgan fingerprint density at radius 2 is 2.10 bits per heavy atom. The van der Waals surface area contributed by atoms with Crippen LogP contribution in [0.15, 0.2) is 43.0 Å². The Bertz CT molecular complexity index is 1340. The summed E-state index contributed by atoms with van der Waals surface area (Å²) >= 11 is 0. The van der Waals surface area contributed by atoms with Crippen molar-refractivity contribution in [2.24, 2.45) is 0 Å². The maximum Gasteiger partial charge on any atom is 0.343 e. The Hall–Kier alpha value is -4.32. The second kappa shape index (κ2) is 8.20. The van der Waals surface area contributed by atoms with Gasteiger partial charge in [0.05, 0.1) is 18.3 Å². The third-order valence-corrected chi connectivity index (χ3v) is 4.79. The molecule has 4 aromatic rings. The lowest BCUT2D eigenvalue weighted by atomic mass is 10.1. The van der Waals surface area contributed by atoms with Crippen molar-refractivity contribution in [1.29, 1.82) is 5.26 Å². The second-order valence-electron chi connectivity index (χ2n) is 6.83. The van der Waals surface area contributed by atoms with Crippen molar-refractivity contribution in [2.75, 3.05) is 11.9 Å². The van der Waals surface area contributed by atoms with Crippen LogP contribution in [0.2, 0.25) is 0 Å². The molecule has 3 heterocycles. The van der Waals surface area contributed by atoms with Crippen molar-refractivity contribution in [2.45, 2.75) is 20.8 Å². The van der Waals surface area contributed by atoms with E-state index in [-0.39, 0.29) is 23.6 Å². The summed E-state index contributed by atoms with van der Waals surface area (Å²) < 4.78 is 6.60. The van der Waals surface area contributed by atoms with Gasteiger partial charge >= 0.3 is 5.97 Å². The molecule has 9 nitrogen and oxygen atoms in total. The number of hydrogen-bond acceptors (Lipinski definition) is 8. The van der Waals surface area contributed by atoms with Crippen LogP contribution in [0.3, 0.4) is 0 Å². The smallest absolute Gasteiger partial charge is 0.343 e. The Kier molecular flexibility index (Phi) is 5.28. The summed E-state index contributed by atoms with van der Waals surface area (Å²) in [5.41, 5.74) is 3.34. The highest BCUT2D eigenvalue weighted by Crippen LogP contribution is 2.27. The average molecular weight is 413 g/mol. The standard InChI is InChI=1S/C22H19N7O2/c1-4-31-22(30)17-11-24-12-25-20(17)28-21-15(9-23)10-26-29(21)18-8-14(3)16-7-5-6-13(2)19(16)27-18/h5-8,10-12H,4H2,1-3H3,(H,24,25,28).